The molecule has 22 heavy (non-hydrogen) atoms. The van der Waals surface area contributed by atoms with Crippen LogP contribution in [0.25, 0.3) is 0 Å². The fourth-order valence-corrected chi connectivity index (χ4v) is 2.54. The van der Waals surface area contributed by atoms with E-state index in [9.17, 15) is 19.2 Å². The van der Waals surface area contributed by atoms with Crippen molar-refractivity contribution in [3.63, 3.8) is 0 Å². The van der Waals surface area contributed by atoms with E-state index in [-0.39, 0.29) is 30.0 Å². The normalized spacial score (nSPS) is 14.1. The summed E-state index contributed by atoms with van der Waals surface area (Å²) in [5.74, 6) is -1.77. The number of hydrogen-bond donors (Lipinski definition) is 2. The highest BCUT2D eigenvalue weighted by Gasteiger charge is 2.29. The number of nitrogens with one attached hydrogen (secondary N) is 2. The third kappa shape index (κ3) is 4.08. The molecule has 4 amide bonds. The van der Waals surface area contributed by atoms with Crippen molar-refractivity contribution in [2.24, 2.45) is 0 Å². The number of aryl methyl sites for hydroxylation is 1. The lowest BCUT2D eigenvalue weighted by molar-refractivity contribution is -0.136. The van der Waals surface area contributed by atoms with Crippen LogP contribution in [0.2, 0.25) is 0 Å². The number of amides is 4. The van der Waals surface area contributed by atoms with Crippen molar-refractivity contribution in [1.29, 1.82) is 0 Å². The number of carbonyl (C=O) groups is 4. The van der Waals surface area contributed by atoms with Crippen LogP contribution in [-0.4, -0.2) is 46.7 Å². The summed E-state index contributed by atoms with van der Waals surface area (Å²) in [4.78, 5) is 47.1. The third-order valence-electron chi connectivity index (χ3n) is 2.98. The highest BCUT2D eigenvalue weighted by molar-refractivity contribution is 8.14. The lowest BCUT2D eigenvalue weighted by atomic mass is 10.2. The first kappa shape index (κ1) is 16.0. The summed E-state index contributed by atoms with van der Waals surface area (Å²) in [5.41, 5.74) is 1.56. The van der Waals surface area contributed by atoms with Gasteiger partial charge >= 0.3 is 11.8 Å². The number of carbonyl (C=O) groups excluding carboxylic acids is 4. The molecule has 1 aliphatic heterocycles. The average molecular weight is 321 g/mol. The molecule has 8 heteroatoms. The summed E-state index contributed by atoms with van der Waals surface area (Å²) in [5, 5.41) is 4.51. The Morgan fingerprint density at radius 2 is 1.86 bits per heavy atom. The Morgan fingerprint density at radius 1 is 1.18 bits per heavy atom. The van der Waals surface area contributed by atoms with Gasteiger partial charge in [-0.15, -0.1) is 0 Å². The summed E-state index contributed by atoms with van der Waals surface area (Å²) in [6.45, 7) is 2.02. The molecule has 7 nitrogen and oxygen atoms in total. The predicted molar refractivity (Wildman–Crippen MR) is 82.4 cm³/mol. The molecule has 0 unspecified atom stereocenters. The molecule has 1 fully saturated rings. The van der Waals surface area contributed by atoms with E-state index in [1.807, 2.05) is 19.1 Å². The first-order chi connectivity index (χ1) is 10.5. The standard InChI is InChI=1S/C14H15N3O4S/c1-9-2-4-10(5-3-9)16-13(20)12(19)15-6-7-17-11(18)8-22-14(17)21/h2-5H,6-8H2,1H3,(H,15,19)(H,16,20). The molecule has 1 aromatic carbocycles. The third-order valence-corrected chi connectivity index (χ3v) is 3.84. The van der Waals surface area contributed by atoms with Gasteiger partial charge in [0.1, 0.15) is 0 Å². The van der Waals surface area contributed by atoms with Crippen LogP contribution in [0.3, 0.4) is 0 Å². The zero-order chi connectivity index (χ0) is 16.1. The Morgan fingerprint density at radius 3 is 2.45 bits per heavy atom. The predicted octanol–water partition coefficient (Wildman–Crippen LogP) is 0.745. The maximum absolute atomic E-state index is 11.7. The van der Waals surface area contributed by atoms with E-state index in [1.54, 1.807) is 12.1 Å². The summed E-state index contributed by atoms with van der Waals surface area (Å²) in [6.07, 6.45) is 0. The van der Waals surface area contributed by atoms with Crippen LogP contribution in [0.5, 0.6) is 0 Å². The van der Waals surface area contributed by atoms with Crippen LogP contribution in [0.15, 0.2) is 24.3 Å². The second-order valence-electron chi connectivity index (χ2n) is 4.68. The summed E-state index contributed by atoms with van der Waals surface area (Å²) >= 11 is 0.927. The highest BCUT2D eigenvalue weighted by atomic mass is 32.2. The van der Waals surface area contributed by atoms with Crippen LogP contribution in [-0.2, 0) is 14.4 Å². The van der Waals surface area contributed by atoms with Crippen molar-refractivity contribution in [2.45, 2.75) is 6.92 Å². The number of imide groups is 1. The van der Waals surface area contributed by atoms with Crippen LogP contribution >= 0.6 is 11.8 Å². The number of thioether (sulfide) groups is 1. The van der Waals surface area contributed by atoms with Gasteiger partial charge in [0.25, 0.3) is 5.24 Å². The Kier molecular flexibility index (Phi) is 5.16. The quantitative estimate of drug-likeness (QED) is 0.798. The topological polar surface area (TPSA) is 95.6 Å². The van der Waals surface area contributed by atoms with E-state index in [1.165, 1.54) is 0 Å². The fraction of sp³-hybridized carbons (Fsp3) is 0.286. The Bertz CT molecular complexity index is 599. The van der Waals surface area contributed by atoms with Gasteiger partial charge in [-0.05, 0) is 19.1 Å². The molecule has 0 saturated carbocycles. The summed E-state index contributed by atoms with van der Waals surface area (Å²) in [7, 11) is 0. The van der Waals surface area contributed by atoms with Gasteiger partial charge in [-0.25, -0.2) is 0 Å². The van der Waals surface area contributed by atoms with Crippen molar-refractivity contribution in [1.82, 2.24) is 10.2 Å². The number of anilines is 1. The van der Waals surface area contributed by atoms with Crippen molar-refractivity contribution < 1.29 is 19.2 Å². The Labute approximate surface area is 131 Å². The SMILES string of the molecule is Cc1ccc(NC(=O)C(=O)NCCN2C(=O)CSC2=O)cc1. The number of benzene rings is 1. The molecule has 0 bridgehead atoms. The molecule has 1 saturated heterocycles. The van der Waals surface area contributed by atoms with Crippen molar-refractivity contribution in [3.8, 4) is 0 Å². The Hall–Kier alpha value is -2.35. The number of hydrogen-bond acceptors (Lipinski definition) is 5. The largest absolute Gasteiger partial charge is 0.346 e. The van der Waals surface area contributed by atoms with Crippen molar-refractivity contribution >= 4 is 40.4 Å². The lowest BCUT2D eigenvalue weighted by Crippen LogP contribution is -2.41. The molecule has 116 valence electrons. The van der Waals surface area contributed by atoms with E-state index in [0.717, 1.165) is 22.2 Å². The number of rotatable bonds is 4. The van der Waals surface area contributed by atoms with Crippen LogP contribution in [0.1, 0.15) is 5.56 Å². The molecule has 1 aliphatic rings. The minimum Gasteiger partial charge on any atom is -0.346 e. The van der Waals surface area contributed by atoms with Gasteiger partial charge in [0, 0.05) is 18.8 Å². The van der Waals surface area contributed by atoms with Crippen LogP contribution in [0.4, 0.5) is 10.5 Å². The molecule has 0 radical (unpaired) electrons. The molecule has 0 atom stereocenters. The van der Waals surface area contributed by atoms with Gasteiger partial charge in [-0.3, -0.25) is 24.1 Å². The summed E-state index contributed by atoms with van der Waals surface area (Å²) in [6, 6.07) is 7.02. The molecule has 2 N–H and O–H groups in total. The van der Waals surface area contributed by atoms with Crippen LogP contribution < -0.4 is 10.6 Å². The second kappa shape index (κ2) is 7.08. The first-order valence-electron chi connectivity index (χ1n) is 6.60. The van der Waals surface area contributed by atoms with Gasteiger partial charge in [-0.2, -0.15) is 0 Å². The first-order valence-corrected chi connectivity index (χ1v) is 7.59. The van der Waals surface area contributed by atoms with Crippen LogP contribution in [0, 0.1) is 6.92 Å². The minimum absolute atomic E-state index is 0.0399. The van der Waals surface area contributed by atoms with Gasteiger partial charge in [-0.1, -0.05) is 29.5 Å². The van der Waals surface area contributed by atoms with Crippen molar-refractivity contribution in [2.75, 3.05) is 24.2 Å². The smallest absolute Gasteiger partial charge is 0.313 e. The van der Waals surface area contributed by atoms with E-state index in [0.29, 0.717) is 5.69 Å². The lowest BCUT2D eigenvalue weighted by Gasteiger charge is -2.13. The van der Waals surface area contributed by atoms with E-state index < -0.39 is 11.8 Å². The van der Waals surface area contributed by atoms with E-state index >= 15 is 0 Å². The molecule has 0 aromatic heterocycles. The molecule has 2 rings (SSSR count). The van der Waals surface area contributed by atoms with E-state index in [2.05, 4.69) is 10.6 Å². The molecular formula is C14H15N3O4S. The Balaban J connectivity index is 1.77. The molecular weight excluding hydrogens is 306 g/mol. The van der Waals surface area contributed by atoms with Gasteiger partial charge in [0.2, 0.25) is 5.91 Å². The highest BCUT2D eigenvalue weighted by Crippen LogP contribution is 2.17. The van der Waals surface area contributed by atoms with Gasteiger partial charge in [0.15, 0.2) is 0 Å². The fourth-order valence-electron chi connectivity index (χ4n) is 1.78. The zero-order valence-electron chi connectivity index (χ0n) is 11.9. The number of nitrogens with zero attached hydrogens (tertiary/aromatic N) is 1. The maximum Gasteiger partial charge on any atom is 0.313 e. The van der Waals surface area contributed by atoms with Gasteiger partial charge in [0.05, 0.1) is 5.75 Å². The second-order valence-corrected chi connectivity index (χ2v) is 5.60. The molecule has 1 heterocycles. The molecule has 0 aliphatic carbocycles. The summed E-state index contributed by atoms with van der Waals surface area (Å²) < 4.78 is 0. The van der Waals surface area contributed by atoms with Crippen molar-refractivity contribution in [3.05, 3.63) is 29.8 Å². The molecule has 0 spiro atoms. The minimum atomic E-state index is -0.813. The maximum atomic E-state index is 11.7. The van der Waals surface area contributed by atoms with E-state index in [4.69, 9.17) is 0 Å². The molecule has 1 aromatic rings. The van der Waals surface area contributed by atoms with Gasteiger partial charge < -0.3 is 10.6 Å². The monoisotopic (exact) mass is 321 g/mol. The zero-order valence-corrected chi connectivity index (χ0v) is 12.7. The average Bonchev–Trinajstić information content (AvgIpc) is 2.81.